The number of anilines is 3. The molecule has 1 atom stereocenters. The van der Waals surface area contributed by atoms with Crippen molar-refractivity contribution in [1.82, 2.24) is 0 Å². The molecule has 0 aliphatic rings. The molecule has 0 aliphatic heterocycles. The van der Waals surface area contributed by atoms with Crippen LogP contribution < -0.4 is 16.0 Å². The van der Waals surface area contributed by atoms with E-state index >= 15 is 0 Å². The number of hydrogen-bond donors (Lipinski definition) is 4. The summed E-state index contributed by atoms with van der Waals surface area (Å²) in [5, 5.41) is 19.0. The van der Waals surface area contributed by atoms with Gasteiger partial charge in [0.25, 0.3) is 0 Å². The van der Waals surface area contributed by atoms with Crippen LogP contribution in [0.3, 0.4) is 0 Å². The number of rotatable bonds is 7. The smallest absolute Gasteiger partial charge is 0.336 e. The van der Waals surface area contributed by atoms with Gasteiger partial charge in [0.15, 0.2) is 0 Å². The minimum absolute atomic E-state index is 0.00472. The van der Waals surface area contributed by atoms with Crippen LogP contribution in [0.25, 0.3) is 11.1 Å². The van der Waals surface area contributed by atoms with Crippen LogP contribution >= 0.6 is 0 Å². The maximum Gasteiger partial charge on any atom is 0.336 e. The molecule has 0 heterocycles. The number of carbonyl (C=O) groups excluding carboxylic acids is 1. The molecule has 3 aromatic rings. The molecule has 0 radical (unpaired) electrons. The molecule has 0 bridgehead atoms. The molecular weight excluding hydrogens is 426 g/mol. The first kappa shape index (κ1) is 24.8. The van der Waals surface area contributed by atoms with E-state index in [1.165, 1.54) is 0 Å². The van der Waals surface area contributed by atoms with Crippen molar-refractivity contribution in [1.29, 1.82) is 0 Å². The summed E-state index contributed by atoms with van der Waals surface area (Å²) in [4.78, 5) is 24.6. The maximum atomic E-state index is 12.9. The molecule has 4 N–H and O–H groups in total. The SMILES string of the molecule is CCC(Nc1ccc(-c2ccccc2C(=O)O)cc1NC(=O)Nc1ccc(C)cc1)C(C)(C)C. The quantitative estimate of drug-likeness (QED) is 0.300. The number of carbonyl (C=O) groups is 2. The number of carboxylic acid groups (broad SMARTS) is 1. The number of carboxylic acids is 1. The normalized spacial score (nSPS) is 12.0. The van der Waals surface area contributed by atoms with E-state index in [0.717, 1.165) is 17.7 Å². The van der Waals surface area contributed by atoms with Gasteiger partial charge in [0.05, 0.1) is 16.9 Å². The summed E-state index contributed by atoms with van der Waals surface area (Å²) < 4.78 is 0. The van der Waals surface area contributed by atoms with Gasteiger partial charge in [-0.15, -0.1) is 0 Å². The Morgan fingerprint density at radius 2 is 1.59 bits per heavy atom. The largest absolute Gasteiger partial charge is 0.478 e. The molecule has 0 aliphatic carbocycles. The minimum atomic E-state index is -0.997. The van der Waals surface area contributed by atoms with E-state index in [-0.39, 0.29) is 23.1 Å². The van der Waals surface area contributed by atoms with E-state index < -0.39 is 5.97 Å². The van der Waals surface area contributed by atoms with Crippen molar-refractivity contribution in [2.75, 3.05) is 16.0 Å². The first-order valence-electron chi connectivity index (χ1n) is 11.5. The van der Waals surface area contributed by atoms with Crippen LogP contribution in [0.4, 0.5) is 21.9 Å². The second-order valence-corrected chi connectivity index (χ2v) is 9.53. The van der Waals surface area contributed by atoms with Crippen LogP contribution in [0.2, 0.25) is 0 Å². The molecule has 6 nitrogen and oxygen atoms in total. The van der Waals surface area contributed by atoms with Gasteiger partial charge in [-0.25, -0.2) is 9.59 Å². The fourth-order valence-corrected chi connectivity index (χ4v) is 3.90. The molecule has 1 unspecified atom stereocenters. The zero-order valence-corrected chi connectivity index (χ0v) is 20.4. The van der Waals surface area contributed by atoms with Gasteiger partial charge < -0.3 is 21.1 Å². The summed E-state index contributed by atoms with van der Waals surface area (Å²) in [6.07, 6.45) is 0.905. The van der Waals surface area contributed by atoms with Gasteiger partial charge >= 0.3 is 12.0 Å². The van der Waals surface area contributed by atoms with Crippen LogP contribution in [0.1, 0.15) is 50.0 Å². The van der Waals surface area contributed by atoms with Crippen molar-refractivity contribution in [3.8, 4) is 11.1 Å². The van der Waals surface area contributed by atoms with Crippen molar-refractivity contribution >= 4 is 29.1 Å². The van der Waals surface area contributed by atoms with Crippen molar-refractivity contribution in [3.05, 3.63) is 77.9 Å². The molecule has 0 saturated carbocycles. The van der Waals surface area contributed by atoms with Crippen molar-refractivity contribution in [3.63, 3.8) is 0 Å². The van der Waals surface area contributed by atoms with Crippen molar-refractivity contribution < 1.29 is 14.7 Å². The van der Waals surface area contributed by atoms with E-state index in [1.807, 2.05) is 49.4 Å². The molecule has 178 valence electrons. The Morgan fingerprint density at radius 1 is 0.912 bits per heavy atom. The second kappa shape index (κ2) is 10.4. The van der Waals surface area contributed by atoms with E-state index in [1.54, 1.807) is 24.3 Å². The number of benzene rings is 3. The third-order valence-electron chi connectivity index (χ3n) is 5.83. The number of aryl methyl sites for hydroxylation is 1. The van der Waals surface area contributed by atoms with Crippen LogP contribution in [-0.4, -0.2) is 23.1 Å². The third-order valence-corrected chi connectivity index (χ3v) is 5.83. The Hall–Kier alpha value is -3.80. The van der Waals surface area contributed by atoms with Crippen LogP contribution in [-0.2, 0) is 0 Å². The summed E-state index contributed by atoms with van der Waals surface area (Å²) >= 11 is 0. The highest BCUT2D eigenvalue weighted by Gasteiger charge is 2.24. The van der Waals surface area contributed by atoms with Gasteiger partial charge in [0, 0.05) is 11.7 Å². The molecule has 3 aromatic carbocycles. The molecule has 2 amide bonds. The van der Waals surface area contributed by atoms with Crippen LogP contribution in [0.5, 0.6) is 0 Å². The molecule has 0 aromatic heterocycles. The van der Waals surface area contributed by atoms with E-state index in [9.17, 15) is 14.7 Å². The average molecular weight is 460 g/mol. The van der Waals surface area contributed by atoms with Crippen LogP contribution in [0, 0.1) is 12.3 Å². The zero-order valence-electron chi connectivity index (χ0n) is 20.4. The lowest BCUT2D eigenvalue weighted by atomic mass is 9.85. The highest BCUT2D eigenvalue weighted by Crippen LogP contribution is 2.34. The van der Waals surface area contributed by atoms with Gasteiger partial charge in [0.2, 0.25) is 0 Å². The molecule has 34 heavy (non-hydrogen) atoms. The molecule has 0 fully saturated rings. The van der Waals surface area contributed by atoms with Crippen molar-refractivity contribution in [2.24, 2.45) is 5.41 Å². The molecule has 0 spiro atoms. The fraction of sp³-hybridized carbons (Fsp3) is 0.286. The summed E-state index contributed by atoms with van der Waals surface area (Å²) in [6, 6.07) is 19.8. The van der Waals surface area contributed by atoms with Crippen molar-refractivity contribution in [2.45, 2.75) is 47.1 Å². The summed E-state index contributed by atoms with van der Waals surface area (Å²) in [5.74, 6) is -0.997. The molecule has 6 heteroatoms. The third kappa shape index (κ3) is 6.16. The summed E-state index contributed by atoms with van der Waals surface area (Å²) in [7, 11) is 0. The standard InChI is InChI=1S/C28H33N3O3/c1-6-25(28(3,4)5)30-23-16-13-19(21-9-7-8-10-22(21)26(32)33)17-24(23)31-27(34)29-20-14-11-18(2)12-15-20/h7-17,25,30H,6H2,1-5H3,(H,32,33)(H2,29,31,34). The number of hydrogen-bond acceptors (Lipinski definition) is 3. The van der Waals surface area contributed by atoms with E-state index in [2.05, 4.69) is 43.6 Å². The highest BCUT2D eigenvalue weighted by molar-refractivity contribution is 6.03. The maximum absolute atomic E-state index is 12.9. The Kier molecular flexibility index (Phi) is 7.61. The van der Waals surface area contributed by atoms with E-state index in [0.29, 0.717) is 22.5 Å². The number of nitrogens with one attached hydrogen (secondary N) is 3. The lowest BCUT2D eigenvalue weighted by molar-refractivity contribution is 0.0697. The topological polar surface area (TPSA) is 90.5 Å². The highest BCUT2D eigenvalue weighted by atomic mass is 16.4. The van der Waals surface area contributed by atoms with Gasteiger partial charge in [-0.2, -0.15) is 0 Å². The monoisotopic (exact) mass is 459 g/mol. The molecule has 0 saturated heterocycles. The Bertz CT molecular complexity index is 1160. The Balaban J connectivity index is 1.98. The Labute approximate surface area is 201 Å². The lowest BCUT2D eigenvalue weighted by Crippen LogP contribution is -2.33. The number of amides is 2. The Morgan fingerprint density at radius 3 is 2.21 bits per heavy atom. The first-order valence-corrected chi connectivity index (χ1v) is 11.5. The predicted octanol–water partition coefficient (Wildman–Crippen LogP) is 7.24. The number of aromatic carboxylic acids is 1. The van der Waals surface area contributed by atoms with Gasteiger partial charge in [-0.05, 0) is 60.2 Å². The van der Waals surface area contributed by atoms with E-state index in [4.69, 9.17) is 0 Å². The van der Waals surface area contributed by atoms with Gasteiger partial charge in [-0.1, -0.05) is 69.7 Å². The minimum Gasteiger partial charge on any atom is -0.478 e. The first-order chi connectivity index (χ1) is 16.1. The molecular formula is C28H33N3O3. The lowest BCUT2D eigenvalue weighted by Gasteiger charge is -2.32. The second-order valence-electron chi connectivity index (χ2n) is 9.53. The van der Waals surface area contributed by atoms with Gasteiger partial charge in [0.1, 0.15) is 0 Å². The summed E-state index contributed by atoms with van der Waals surface area (Å²) in [6.45, 7) is 10.6. The van der Waals surface area contributed by atoms with Crippen LogP contribution in [0.15, 0.2) is 66.7 Å². The zero-order chi connectivity index (χ0) is 24.9. The average Bonchev–Trinajstić information content (AvgIpc) is 2.78. The molecule has 3 rings (SSSR count). The summed E-state index contributed by atoms with van der Waals surface area (Å²) in [5.41, 5.74) is 4.65. The predicted molar refractivity (Wildman–Crippen MR) is 140 cm³/mol. The van der Waals surface area contributed by atoms with Gasteiger partial charge in [-0.3, -0.25) is 0 Å². The fourth-order valence-electron chi connectivity index (χ4n) is 3.90. The number of urea groups is 1.